The van der Waals surface area contributed by atoms with E-state index in [0.29, 0.717) is 26.4 Å². The first-order chi connectivity index (χ1) is 15.0. The van der Waals surface area contributed by atoms with Gasteiger partial charge in [-0.3, -0.25) is 9.36 Å². The first-order valence-corrected chi connectivity index (χ1v) is 10.7. The van der Waals surface area contributed by atoms with Gasteiger partial charge in [-0.1, -0.05) is 53.8 Å². The van der Waals surface area contributed by atoms with Gasteiger partial charge in [0.25, 0.3) is 5.56 Å². The second-order valence-corrected chi connectivity index (χ2v) is 8.00. The Bertz CT molecular complexity index is 1340. The average molecular weight is 435 g/mol. The average Bonchev–Trinajstić information content (AvgIpc) is 3.08. The van der Waals surface area contributed by atoms with Crippen LogP contribution in [0.15, 0.2) is 75.7 Å². The molecule has 0 saturated heterocycles. The standard InChI is InChI=1S/C24H22N2O4S/c1-4-30-23(28)20-15(2)25-24-26(21(20)17-10-6-5-7-11-17)22(27)19(31-24)14-16-9-8-12-18(13-16)29-3/h5-14,21H,4H2,1-3H3/b19-14+/t21-/m0/s1. The molecule has 1 aromatic heterocycles. The molecule has 1 aliphatic heterocycles. The summed E-state index contributed by atoms with van der Waals surface area (Å²) in [6.45, 7) is 3.79. The molecule has 0 saturated carbocycles. The van der Waals surface area contributed by atoms with Crippen molar-refractivity contribution in [3.05, 3.63) is 96.7 Å². The van der Waals surface area contributed by atoms with E-state index in [1.54, 1.807) is 25.5 Å². The highest BCUT2D eigenvalue weighted by Gasteiger charge is 2.33. The number of thiazole rings is 1. The van der Waals surface area contributed by atoms with Crippen LogP contribution in [0.4, 0.5) is 0 Å². The zero-order chi connectivity index (χ0) is 22.0. The third-order valence-corrected chi connectivity index (χ3v) is 6.01. The zero-order valence-electron chi connectivity index (χ0n) is 17.5. The molecule has 3 aromatic rings. The van der Waals surface area contributed by atoms with Crippen molar-refractivity contribution in [2.75, 3.05) is 13.7 Å². The van der Waals surface area contributed by atoms with E-state index >= 15 is 0 Å². The summed E-state index contributed by atoms with van der Waals surface area (Å²) in [5, 5.41) is 0. The van der Waals surface area contributed by atoms with Gasteiger partial charge >= 0.3 is 5.97 Å². The highest BCUT2D eigenvalue weighted by atomic mass is 32.1. The number of aromatic nitrogens is 1. The topological polar surface area (TPSA) is 69.9 Å². The Balaban J connectivity index is 1.94. The summed E-state index contributed by atoms with van der Waals surface area (Å²) >= 11 is 1.30. The molecular formula is C24H22N2O4S. The smallest absolute Gasteiger partial charge is 0.338 e. The van der Waals surface area contributed by atoms with Crippen molar-refractivity contribution in [3.8, 4) is 5.75 Å². The van der Waals surface area contributed by atoms with Crippen LogP contribution in [0.5, 0.6) is 5.75 Å². The van der Waals surface area contributed by atoms with Gasteiger partial charge in [-0.15, -0.1) is 0 Å². The third-order valence-electron chi connectivity index (χ3n) is 5.02. The molecule has 0 aliphatic carbocycles. The van der Waals surface area contributed by atoms with Crippen LogP contribution in [0.25, 0.3) is 6.08 Å². The molecule has 2 heterocycles. The van der Waals surface area contributed by atoms with E-state index in [1.807, 2.05) is 60.7 Å². The number of esters is 1. The molecule has 4 rings (SSSR count). The molecular weight excluding hydrogens is 412 g/mol. The number of methoxy groups -OCH3 is 1. The number of rotatable bonds is 5. The van der Waals surface area contributed by atoms with E-state index in [4.69, 9.17) is 9.47 Å². The summed E-state index contributed by atoms with van der Waals surface area (Å²) in [6.07, 6.45) is 1.82. The lowest BCUT2D eigenvalue weighted by Crippen LogP contribution is -2.39. The van der Waals surface area contributed by atoms with Crippen LogP contribution in [0.2, 0.25) is 0 Å². The summed E-state index contributed by atoms with van der Waals surface area (Å²) in [7, 11) is 1.60. The molecule has 0 spiro atoms. The maximum Gasteiger partial charge on any atom is 0.338 e. The van der Waals surface area contributed by atoms with Crippen molar-refractivity contribution in [1.82, 2.24) is 4.57 Å². The van der Waals surface area contributed by atoms with Gasteiger partial charge in [-0.2, -0.15) is 0 Å². The highest BCUT2D eigenvalue weighted by molar-refractivity contribution is 7.07. The lowest BCUT2D eigenvalue weighted by Gasteiger charge is -2.24. The monoisotopic (exact) mass is 434 g/mol. The molecule has 1 aliphatic rings. The van der Waals surface area contributed by atoms with Gasteiger partial charge in [0.05, 0.1) is 35.6 Å². The fraction of sp³-hybridized carbons (Fsp3) is 0.208. The normalized spacial score (nSPS) is 16.0. The number of fused-ring (bicyclic) bond motifs is 1. The Morgan fingerprint density at radius 2 is 1.97 bits per heavy atom. The second-order valence-electron chi connectivity index (χ2n) is 6.99. The molecule has 0 radical (unpaired) electrons. The van der Waals surface area contributed by atoms with Crippen molar-refractivity contribution in [3.63, 3.8) is 0 Å². The molecule has 158 valence electrons. The Hall–Kier alpha value is -3.45. The Morgan fingerprint density at radius 1 is 1.19 bits per heavy atom. The highest BCUT2D eigenvalue weighted by Crippen LogP contribution is 2.30. The van der Waals surface area contributed by atoms with Gasteiger partial charge in [0.1, 0.15) is 5.75 Å². The maximum absolute atomic E-state index is 13.5. The minimum absolute atomic E-state index is 0.199. The maximum atomic E-state index is 13.5. The summed E-state index contributed by atoms with van der Waals surface area (Å²) in [5.41, 5.74) is 2.42. The number of hydrogen-bond acceptors (Lipinski definition) is 6. The van der Waals surface area contributed by atoms with Gasteiger partial charge < -0.3 is 9.47 Å². The molecule has 2 aromatic carbocycles. The minimum Gasteiger partial charge on any atom is -0.497 e. The van der Waals surface area contributed by atoms with Crippen LogP contribution in [0.1, 0.15) is 31.0 Å². The quantitative estimate of drug-likeness (QED) is 0.579. The van der Waals surface area contributed by atoms with Crippen LogP contribution >= 0.6 is 11.3 Å². The van der Waals surface area contributed by atoms with Crippen molar-refractivity contribution in [1.29, 1.82) is 0 Å². The number of hydrogen-bond donors (Lipinski definition) is 0. The van der Waals surface area contributed by atoms with E-state index in [0.717, 1.165) is 11.1 Å². The van der Waals surface area contributed by atoms with Crippen LogP contribution in [0.3, 0.4) is 0 Å². The van der Waals surface area contributed by atoms with Crippen LogP contribution < -0.4 is 19.6 Å². The van der Waals surface area contributed by atoms with E-state index in [2.05, 4.69) is 4.99 Å². The fourth-order valence-corrected chi connectivity index (χ4v) is 4.67. The number of allylic oxidation sites excluding steroid dienone is 1. The van der Waals surface area contributed by atoms with Gasteiger partial charge in [0, 0.05) is 0 Å². The lowest BCUT2D eigenvalue weighted by atomic mass is 9.96. The van der Waals surface area contributed by atoms with Crippen LogP contribution in [-0.2, 0) is 9.53 Å². The van der Waals surface area contributed by atoms with Crippen molar-refractivity contribution < 1.29 is 14.3 Å². The second kappa shape index (κ2) is 8.73. The Kier molecular flexibility index (Phi) is 5.86. The van der Waals surface area contributed by atoms with E-state index in [9.17, 15) is 9.59 Å². The number of carbonyl (C=O) groups excluding carboxylic acids is 1. The largest absolute Gasteiger partial charge is 0.497 e. The van der Waals surface area contributed by atoms with E-state index < -0.39 is 12.0 Å². The van der Waals surface area contributed by atoms with Crippen molar-refractivity contribution in [2.24, 2.45) is 4.99 Å². The molecule has 0 N–H and O–H groups in total. The molecule has 7 heteroatoms. The van der Waals surface area contributed by atoms with E-state index in [-0.39, 0.29) is 12.2 Å². The summed E-state index contributed by atoms with van der Waals surface area (Å²) in [6, 6.07) is 16.4. The summed E-state index contributed by atoms with van der Waals surface area (Å²) < 4.78 is 12.7. The predicted octanol–water partition coefficient (Wildman–Crippen LogP) is 2.81. The number of nitrogens with zero attached hydrogens (tertiary/aromatic N) is 2. The predicted molar refractivity (Wildman–Crippen MR) is 120 cm³/mol. The molecule has 0 bridgehead atoms. The molecule has 1 atom stereocenters. The van der Waals surface area contributed by atoms with Gasteiger partial charge in [0.15, 0.2) is 4.80 Å². The van der Waals surface area contributed by atoms with Crippen LogP contribution in [-0.4, -0.2) is 24.3 Å². The summed E-state index contributed by atoms with van der Waals surface area (Å²) in [4.78, 5) is 31.4. The number of carbonyl (C=O) groups is 1. The number of benzene rings is 2. The number of ether oxygens (including phenoxy) is 2. The molecule has 6 nitrogen and oxygen atoms in total. The first-order valence-electron chi connectivity index (χ1n) is 9.92. The first kappa shape index (κ1) is 20.8. The molecule has 0 fully saturated rings. The van der Waals surface area contributed by atoms with Gasteiger partial charge in [0.2, 0.25) is 0 Å². The Labute approximate surface area is 183 Å². The van der Waals surface area contributed by atoms with Gasteiger partial charge in [-0.05, 0) is 43.2 Å². The fourth-order valence-electron chi connectivity index (χ4n) is 3.62. The molecule has 0 amide bonds. The minimum atomic E-state index is -0.594. The lowest BCUT2D eigenvalue weighted by molar-refractivity contribution is -0.139. The van der Waals surface area contributed by atoms with Gasteiger partial charge in [-0.25, -0.2) is 9.79 Å². The zero-order valence-corrected chi connectivity index (χ0v) is 18.3. The van der Waals surface area contributed by atoms with Crippen molar-refractivity contribution in [2.45, 2.75) is 19.9 Å². The van der Waals surface area contributed by atoms with Crippen LogP contribution in [0, 0.1) is 0 Å². The summed E-state index contributed by atoms with van der Waals surface area (Å²) in [5.74, 6) is 0.254. The SMILES string of the molecule is CCOC(=O)C1=C(C)N=c2s/c(=C/c3cccc(OC)c3)c(=O)n2[C@H]1c1ccccc1. The third kappa shape index (κ3) is 3.96. The Morgan fingerprint density at radius 3 is 2.68 bits per heavy atom. The molecule has 0 unspecified atom stereocenters. The molecule has 31 heavy (non-hydrogen) atoms. The van der Waals surface area contributed by atoms with Crippen molar-refractivity contribution >= 4 is 23.4 Å². The van der Waals surface area contributed by atoms with E-state index in [1.165, 1.54) is 11.3 Å².